The fraction of sp³-hybridized carbons (Fsp3) is 0.500. The van der Waals surface area contributed by atoms with E-state index in [-0.39, 0.29) is 13.2 Å². The van der Waals surface area contributed by atoms with Crippen molar-refractivity contribution in [1.82, 2.24) is 0 Å². The predicted octanol–water partition coefficient (Wildman–Crippen LogP) is 0.504. The number of esters is 1. The van der Waals surface area contributed by atoms with E-state index in [9.17, 15) is 9.36 Å². The monoisotopic (exact) mass is 194 g/mol. The van der Waals surface area contributed by atoms with Gasteiger partial charge in [-0.2, -0.15) is 0 Å². The SMILES string of the molecule is CC=CC(=O)OCCO[PH](=O)O. The summed E-state index contributed by atoms with van der Waals surface area (Å²) < 4.78 is 18.8. The Morgan fingerprint density at radius 1 is 1.58 bits per heavy atom. The van der Waals surface area contributed by atoms with Crippen molar-refractivity contribution < 1.29 is 23.5 Å². The van der Waals surface area contributed by atoms with Gasteiger partial charge in [0.05, 0.1) is 6.61 Å². The largest absolute Gasteiger partial charge is 0.460 e. The van der Waals surface area contributed by atoms with Crippen LogP contribution in [0.5, 0.6) is 0 Å². The zero-order valence-corrected chi connectivity index (χ0v) is 7.65. The van der Waals surface area contributed by atoms with Crippen molar-refractivity contribution in [2.24, 2.45) is 0 Å². The molecule has 0 aliphatic rings. The van der Waals surface area contributed by atoms with Crippen LogP contribution in [0.2, 0.25) is 0 Å². The van der Waals surface area contributed by atoms with Crippen molar-refractivity contribution >= 4 is 14.2 Å². The molecule has 70 valence electrons. The van der Waals surface area contributed by atoms with E-state index < -0.39 is 14.2 Å². The highest BCUT2D eigenvalue weighted by molar-refractivity contribution is 7.32. The highest BCUT2D eigenvalue weighted by Crippen LogP contribution is 2.12. The first kappa shape index (κ1) is 11.4. The van der Waals surface area contributed by atoms with Gasteiger partial charge in [0, 0.05) is 6.08 Å². The zero-order valence-electron chi connectivity index (χ0n) is 6.65. The molecule has 1 unspecified atom stereocenters. The molecule has 0 rings (SSSR count). The summed E-state index contributed by atoms with van der Waals surface area (Å²) in [6.07, 6.45) is 2.79. The second-order valence-corrected chi connectivity index (χ2v) is 2.60. The second-order valence-electron chi connectivity index (χ2n) is 1.78. The summed E-state index contributed by atoms with van der Waals surface area (Å²) in [6.45, 7) is 1.61. The van der Waals surface area contributed by atoms with E-state index in [0.29, 0.717) is 0 Å². The number of carbonyl (C=O) groups is 1. The number of hydrogen-bond donors (Lipinski definition) is 1. The summed E-state index contributed by atoms with van der Waals surface area (Å²) in [5, 5.41) is 0. The summed E-state index contributed by atoms with van der Waals surface area (Å²) in [5.74, 6) is -0.487. The highest BCUT2D eigenvalue weighted by atomic mass is 31.1. The number of carbonyl (C=O) groups excluding carboxylic acids is 1. The first-order valence-electron chi connectivity index (χ1n) is 3.32. The fourth-order valence-corrected chi connectivity index (χ4v) is 0.713. The summed E-state index contributed by atoms with van der Waals surface area (Å²) in [5.41, 5.74) is 0. The van der Waals surface area contributed by atoms with Crippen LogP contribution in [0.3, 0.4) is 0 Å². The Labute approximate surface area is 70.9 Å². The summed E-state index contributed by atoms with van der Waals surface area (Å²) in [7, 11) is -2.90. The summed E-state index contributed by atoms with van der Waals surface area (Å²) in [4.78, 5) is 18.8. The van der Waals surface area contributed by atoms with Crippen molar-refractivity contribution in [2.45, 2.75) is 6.92 Å². The predicted molar refractivity (Wildman–Crippen MR) is 42.9 cm³/mol. The second kappa shape index (κ2) is 7.03. The minimum atomic E-state index is -2.90. The number of rotatable bonds is 5. The van der Waals surface area contributed by atoms with Crippen molar-refractivity contribution in [3.05, 3.63) is 12.2 Å². The Hall–Kier alpha value is -0.640. The van der Waals surface area contributed by atoms with Gasteiger partial charge in [0.2, 0.25) is 0 Å². The molecule has 0 amide bonds. The van der Waals surface area contributed by atoms with Crippen LogP contribution in [-0.4, -0.2) is 24.1 Å². The average Bonchev–Trinajstić information content (AvgIpc) is 1.98. The standard InChI is InChI=1S/C6H11O5P/c1-2-3-6(7)10-4-5-11-12(8)9/h2-3,12H,4-5H2,1H3,(H,8,9). The number of hydrogen-bond acceptors (Lipinski definition) is 4. The fourth-order valence-electron chi connectivity index (χ4n) is 0.455. The zero-order chi connectivity index (χ0) is 9.40. The molecule has 0 saturated heterocycles. The van der Waals surface area contributed by atoms with E-state index >= 15 is 0 Å². The van der Waals surface area contributed by atoms with Crippen LogP contribution in [0.25, 0.3) is 0 Å². The Morgan fingerprint density at radius 2 is 2.25 bits per heavy atom. The Balaban J connectivity index is 3.31. The molecule has 0 aliphatic heterocycles. The third-order valence-corrected chi connectivity index (χ3v) is 1.31. The van der Waals surface area contributed by atoms with Gasteiger partial charge >= 0.3 is 14.2 Å². The third-order valence-electron chi connectivity index (χ3n) is 0.856. The lowest BCUT2D eigenvalue weighted by atomic mass is 10.5. The van der Waals surface area contributed by atoms with E-state index in [1.54, 1.807) is 6.92 Å². The lowest BCUT2D eigenvalue weighted by Crippen LogP contribution is -2.06. The van der Waals surface area contributed by atoms with Gasteiger partial charge in [0.1, 0.15) is 6.61 Å². The molecule has 0 fully saturated rings. The van der Waals surface area contributed by atoms with Crippen molar-refractivity contribution in [3.8, 4) is 0 Å². The molecule has 0 spiro atoms. The molecule has 0 radical (unpaired) electrons. The minimum absolute atomic E-state index is 0.0138. The average molecular weight is 194 g/mol. The van der Waals surface area contributed by atoms with Gasteiger partial charge in [-0.15, -0.1) is 0 Å². The van der Waals surface area contributed by atoms with Gasteiger partial charge in [-0.25, -0.2) is 4.79 Å². The summed E-state index contributed by atoms with van der Waals surface area (Å²) >= 11 is 0. The molecule has 0 saturated carbocycles. The maximum atomic E-state index is 10.6. The van der Waals surface area contributed by atoms with E-state index in [0.717, 1.165) is 0 Å². The first-order valence-corrected chi connectivity index (χ1v) is 4.58. The summed E-state index contributed by atoms with van der Waals surface area (Å²) in [6, 6.07) is 0. The molecule has 5 nitrogen and oxygen atoms in total. The smallest absolute Gasteiger partial charge is 0.330 e. The normalized spacial score (nSPS) is 13.2. The molecule has 0 aromatic rings. The molecule has 0 aromatic carbocycles. The molecule has 1 N–H and O–H groups in total. The number of allylic oxidation sites excluding steroid dienone is 1. The van der Waals surface area contributed by atoms with Crippen molar-refractivity contribution in [3.63, 3.8) is 0 Å². The van der Waals surface area contributed by atoms with Crippen molar-refractivity contribution in [2.75, 3.05) is 13.2 Å². The molecular weight excluding hydrogens is 183 g/mol. The van der Waals surface area contributed by atoms with Gasteiger partial charge in [-0.1, -0.05) is 6.08 Å². The quantitative estimate of drug-likeness (QED) is 0.298. The van der Waals surface area contributed by atoms with E-state index in [1.807, 2.05) is 0 Å². The van der Waals surface area contributed by atoms with Gasteiger partial charge in [0.15, 0.2) is 0 Å². The van der Waals surface area contributed by atoms with Crippen LogP contribution >= 0.6 is 8.25 Å². The molecular formula is C6H11O5P. The van der Waals surface area contributed by atoms with E-state index in [1.165, 1.54) is 12.2 Å². The van der Waals surface area contributed by atoms with Crippen LogP contribution in [0.4, 0.5) is 0 Å². The molecule has 0 bridgehead atoms. The van der Waals surface area contributed by atoms with Gasteiger partial charge in [-0.05, 0) is 6.92 Å². The highest BCUT2D eigenvalue weighted by Gasteiger charge is 1.96. The van der Waals surface area contributed by atoms with Gasteiger partial charge in [0.25, 0.3) is 0 Å². The first-order chi connectivity index (χ1) is 5.66. The molecule has 0 aliphatic carbocycles. The topological polar surface area (TPSA) is 72.8 Å². The maximum Gasteiger partial charge on any atom is 0.330 e. The van der Waals surface area contributed by atoms with Crippen LogP contribution in [-0.2, 0) is 18.6 Å². The lowest BCUT2D eigenvalue weighted by Gasteiger charge is -2.00. The lowest BCUT2D eigenvalue weighted by molar-refractivity contribution is -0.138. The Morgan fingerprint density at radius 3 is 2.75 bits per heavy atom. The molecule has 0 aromatic heterocycles. The maximum absolute atomic E-state index is 10.6. The number of ether oxygens (including phenoxy) is 1. The van der Waals surface area contributed by atoms with Gasteiger partial charge in [-0.3, -0.25) is 4.57 Å². The van der Waals surface area contributed by atoms with E-state index in [4.69, 9.17) is 4.89 Å². The van der Waals surface area contributed by atoms with Crippen LogP contribution in [0.15, 0.2) is 12.2 Å². The van der Waals surface area contributed by atoms with Crippen LogP contribution in [0, 0.1) is 0 Å². The van der Waals surface area contributed by atoms with Crippen LogP contribution < -0.4 is 0 Å². The molecule has 0 heterocycles. The third kappa shape index (κ3) is 7.47. The Bertz CT molecular complexity index is 188. The van der Waals surface area contributed by atoms with Gasteiger partial charge < -0.3 is 14.2 Å². The van der Waals surface area contributed by atoms with Crippen molar-refractivity contribution in [1.29, 1.82) is 0 Å². The molecule has 1 atom stereocenters. The minimum Gasteiger partial charge on any atom is -0.460 e. The van der Waals surface area contributed by atoms with E-state index in [2.05, 4.69) is 9.26 Å². The molecule has 12 heavy (non-hydrogen) atoms. The molecule has 6 heteroatoms. The van der Waals surface area contributed by atoms with Crippen LogP contribution in [0.1, 0.15) is 6.92 Å². The Kier molecular flexibility index (Phi) is 6.66.